The predicted molar refractivity (Wildman–Crippen MR) is 84.8 cm³/mol. The topological polar surface area (TPSA) is 65.1 Å². The van der Waals surface area contributed by atoms with E-state index in [0.717, 1.165) is 0 Å². The van der Waals surface area contributed by atoms with Crippen LogP contribution in [-0.2, 0) is 19.1 Å². The summed E-state index contributed by atoms with van der Waals surface area (Å²) < 4.78 is 14.8. The zero-order valence-corrected chi connectivity index (χ0v) is 13.1. The van der Waals surface area contributed by atoms with E-state index in [0.29, 0.717) is 11.4 Å². The third kappa shape index (κ3) is 3.42. The van der Waals surface area contributed by atoms with Crippen LogP contribution in [0.1, 0.15) is 0 Å². The number of carbonyl (C=O) groups excluding carboxylic acids is 2. The molecule has 120 valence electrons. The number of benzene rings is 1. The van der Waals surface area contributed by atoms with Crippen molar-refractivity contribution in [3.05, 3.63) is 60.0 Å². The van der Waals surface area contributed by atoms with Crippen LogP contribution in [0, 0.1) is 0 Å². The van der Waals surface area contributed by atoms with Crippen LogP contribution in [0.5, 0.6) is 5.75 Å². The first-order chi connectivity index (χ1) is 11.1. The van der Waals surface area contributed by atoms with Crippen molar-refractivity contribution in [2.45, 2.75) is 0 Å². The number of nitrogens with zero attached hydrogens (tertiary/aromatic N) is 1. The molecule has 0 aromatic heterocycles. The Bertz CT molecular complexity index is 703. The quantitative estimate of drug-likeness (QED) is 0.794. The molecule has 2 rings (SSSR count). The van der Waals surface area contributed by atoms with Crippen LogP contribution in [0.3, 0.4) is 0 Å². The van der Waals surface area contributed by atoms with Crippen molar-refractivity contribution in [3.63, 3.8) is 0 Å². The molecular formula is C17H17NO5. The molecule has 1 aliphatic heterocycles. The Morgan fingerprint density at radius 2 is 1.74 bits per heavy atom. The summed E-state index contributed by atoms with van der Waals surface area (Å²) in [7, 11) is 4.06. The molecule has 0 N–H and O–H groups in total. The largest absolute Gasteiger partial charge is 0.497 e. The molecule has 23 heavy (non-hydrogen) atoms. The number of methoxy groups -OCH3 is 3. The number of carbonyl (C=O) groups is 2. The number of esters is 2. The van der Waals surface area contributed by atoms with Gasteiger partial charge in [-0.25, -0.2) is 9.59 Å². The van der Waals surface area contributed by atoms with E-state index in [1.165, 1.54) is 20.3 Å². The van der Waals surface area contributed by atoms with Crippen LogP contribution in [0.25, 0.3) is 0 Å². The summed E-state index contributed by atoms with van der Waals surface area (Å²) in [4.78, 5) is 25.8. The zero-order chi connectivity index (χ0) is 16.8. The third-order valence-corrected chi connectivity index (χ3v) is 3.22. The maximum Gasteiger partial charge on any atom is 0.355 e. The van der Waals surface area contributed by atoms with Crippen molar-refractivity contribution in [1.82, 2.24) is 0 Å². The summed E-state index contributed by atoms with van der Waals surface area (Å²) in [6.45, 7) is 0. The van der Waals surface area contributed by atoms with E-state index in [1.54, 1.807) is 54.6 Å². The lowest BCUT2D eigenvalue weighted by molar-refractivity contribution is -0.139. The van der Waals surface area contributed by atoms with Crippen LogP contribution >= 0.6 is 0 Å². The summed E-state index contributed by atoms with van der Waals surface area (Å²) in [6.07, 6.45) is 6.52. The Kier molecular flexibility index (Phi) is 5.19. The monoisotopic (exact) mass is 315 g/mol. The van der Waals surface area contributed by atoms with Gasteiger partial charge in [0.2, 0.25) is 0 Å². The molecule has 0 fully saturated rings. The van der Waals surface area contributed by atoms with Gasteiger partial charge in [0.25, 0.3) is 0 Å². The Hall–Kier alpha value is -3.02. The van der Waals surface area contributed by atoms with Crippen molar-refractivity contribution in [2.75, 3.05) is 26.2 Å². The molecule has 0 saturated carbocycles. The highest BCUT2D eigenvalue weighted by Crippen LogP contribution is 2.28. The maximum absolute atomic E-state index is 12.3. The van der Waals surface area contributed by atoms with Gasteiger partial charge >= 0.3 is 11.9 Å². The first kappa shape index (κ1) is 16.4. The molecule has 0 unspecified atom stereocenters. The molecule has 6 heteroatoms. The third-order valence-electron chi connectivity index (χ3n) is 3.22. The van der Waals surface area contributed by atoms with Crippen molar-refractivity contribution in [1.29, 1.82) is 0 Å². The minimum absolute atomic E-state index is 0.0672. The molecule has 0 atom stereocenters. The summed E-state index contributed by atoms with van der Waals surface area (Å²) in [6, 6.07) is 7.10. The second-order valence-electron chi connectivity index (χ2n) is 4.52. The lowest BCUT2D eigenvalue weighted by Gasteiger charge is -2.23. The highest BCUT2D eigenvalue weighted by Gasteiger charge is 2.27. The molecule has 1 aromatic rings. The average molecular weight is 315 g/mol. The fraction of sp³-hybridized carbons (Fsp3) is 0.176. The van der Waals surface area contributed by atoms with Crippen LogP contribution in [0.2, 0.25) is 0 Å². The van der Waals surface area contributed by atoms with Gasteiger partial charge in [0.05, 0.1) is 26.9 Å². The van der Waals surface area contributed by atoms with E-state index in [1.807, 2.05) is 0 Å². The van der Waals surface area contributed by atoms with Gasteiger partial charge in [0.1, 0.15) is 11.4 Å². The van der Waals surface area contributed by atoms with Crippen LogP contribution in [0.15, 0.2) is 60.0 Å². The van der Waals surface area contributed by atoms with E-state index in [4.69, 9.17) is 14.2 Å². The molecule has 0 amide bonds. The van der Waals surface area contributed by atoms with E-state index in [2.05, 4.69) is 0 Å². The molecule has 1 aliphatic rings. The number of hydrogen-bond acceptors (Lipinski definition) is 6. The van der Waals surface area contributed by atoms with E-state index < -0.39 is 11.9 Å². The Balaban J connectivity index is 2.63. The summed E-state index contributed by atoms with van der Waals surface area (Å²) >= 11 is 0. The number of rotatable bonds is 4. The fourth-order valence-corrected chi connectivity index (χ4v) is 2.13. The lowest BCUT2D eigenvalue weighted by atomic mass is 10.1. The normalized spacial score (nSPS) is 13.6. The van der Waals surface area contributed by atoms with Crippen molar-refractivity contribution in [3.8, 4) is 5.75 Å². The van der Waals surface area contributed by atoms with Crippen LogP contribution < -0.4 is 9.64 Å². The van der Waals surface area contributed by atoms with E-state index in [-0.39, 0.29) is 11.3 Å². The Morgan fingerprint density at radius 1 is 1.00 bits per heavy atom. The zero-order valence-electron chi connectivity index (χ0n) is 13.1. The highest BCUT2D eigenvalue weighted by molar-refractivity contribution is 6.05. The molecule has 1 aromatic carbocycles. The summed E-state index contributed by atoms with van der Waals surface area (Å²) in [5, 5.41) is 0. The minimum atomic E-state index is -0.649. The molecule has 1 heterocycles. The molecule has 0 aliphatic carbocycles. The average Bonchev–Trinajstić information content (AvgIpc) is 2.83. The van der Waals surface area contributed by atoms with E-state index in [9.17, 15) is 9.59 Å². The molecule has 6 nitrogen and oxygen atoms in total. The Morgan fingerprint density at radius 3 is 2.39 bits per heavy atom. The minimum Gasteiger partial charge on any atom is -0.497 e. The molecule has 0 saturated heterocycles. The van der Waals surface area contributed by atoms with Gasteiger partial charge in [-0.05, 0) is 24.3 Å². The number of hydrogen-bond donors (Lipinski definition) is 0. The number of allylic oxidation sites excluding steroid dienone is 2. The summed E-state index contributed by atoms with van der Waals surface area (Å²) in [5.74, 6) is -0.653. The lowest BCUT2D eigenvalue weighted by Crippen LogP contribution is -2.26. The van der Waals surface area contributed by atoms with Gasteiger partial charge in [-0.2, -0.15) is 0 Å². The predicted octanol–water partition coefficient (Wildman–Crippen LogP) is 2.19. The van der Waals surface area contributed by atoms with Gasteiger partial charge in [-0.3, -0.25) is 0 Å². The first-order valence-corrected chi connectivity index (χ1v) is 6.81. The fourth-order valence-electron chi connectivity index (χ4n) is 2.13. The SMILES string of the molecule is COC(=O)C1=C(C(=O)OC)N(c2cccc(OC)c2)C=CC=C1. The number of anilines is 1. The standard InChI is InChI=1S/C17H17NO5/c1-21-13-8-6-7-12(11-13)18-10-5-4-9-14(16(19)22-2)15(18)17(20)23-3/h4-11H,1-3H3. The van der Waals surface area contributed by atoms with Crippen LogP contribution in [-0.4, -0.2) is 33.3 Å². The molecular weight excluding hydrogens is 298 g/mol. The molecule has 0 radical (unpaired) electrons. The maximum atomic E-state index is 12.3. The van der Waals surface area contributed by atoms with Gasteiger partial charge in [-0.15, -0.1) is 0 Å². The van der Waals surface area contributed by atoms with Gasteiger partial charge in [-0.1, -0.05) is 12.1 Å². The van der Waals surface area contributed by atoms with Crippen molar-refractivity contribution in [2.24, 2.45) is 0 Å². The Labute approximate surface area is 134 Å². The van der Waals surface area contributed by atoms with Crippen molar-refractivity contribution >= 4 is 17.6 Å². The van der Waals surface area contributed by atoms with Crippen molar-refractivity contribution < 1.29 is 23.8 Å². The molecule has 0 bridgehead atoms. The van der Waals surface area contributed by atoms with E-state index >= 15 is 0 Å². The summed E-state index contributed by atoms with van der Waals surface area (Å²) in [5.41, 5.74) is 0.816. The molecule has 0 spiro atoms. The van der Waals surface area contributed by atoms with Gasteiger partial charge < -0.3 is 19.1 Å². The smallest absolute Gasteiger partial charge is 0.355 e. The van der Waals surface area contributed by atoms with Gasteiger partial charge in [0, 0.05) is 18.0 Å². The first-order valence-electron chi connectivity index (χ1n) is 6.81. The van der Waals surface area contributed by atoms with Gasteiger partial charge in [0.15, 0.2) is 0 Å². The second kappa shape index (κ2) is 7.31. The highest BCUT2D eigenvalue weighted by atomic mass is 16.5. The van der Waals surface area contributed by atoms with Crippen LogP contribution in [0.4, 0.5) is 5.69 Å². The number of ether oxygens (including phenoxy) is 3. The second-order valence-corrected chi connectivity index (χ2v) is 4.52.